The summed E-state index contributed by atoms with van der Waals surface area (Å²) in [6, 6.07) is 0. The standard InChI is InChI=1S/C27H48NO2S/c29-26-22-23-27(30)28(26)24-20-18-16-14-12-10-8-6-4-2-1-3-5-7-9-11-13-15-17-19-21-25-31/h22-23H,1-21,24-25H2. The Hall–Kier alpha value is -0.770. The summed E-state index contributed by atoms with van der Waals surface area (Å²) in [6.07, 6.45) is 31.0. The van der Waals surface area contributed by atoms with Crippen molar-refractivity contribution < 1.29 is 9.59 Å². The number of hydrogen-bond acceptors (Lipinski definition) is 2. The molecule has 31 heavy (non-hydrogen) atoms. The van der Waals surface area contributed by atoms with Crippen molar-refractivity contribution in [3.05, 3.63) is 12.2 Å². The molecule has 0 saturated carbocycles. The first kappa shape index (κ1) is 28.3. The summed E-state index contributed by atoms with van der Waals surface area (Å²) in [4.78, 5) is 24.3. The second kappa shape index (κ2) is 21.1. The molecule has 1 heterocycles. The molecule has 1 radical (unpaired) electrons. The first-order valence-corrected chi connectivity index (χ1v) is 13.9. The molecule has 179 valence electrons. The molecular formula is C27H48NO2S. The highest BCUT2D eigenvalue weighted by Gasteiger charge is 2.21. The van der Waals surface area contributed by atoms with E-state index in [1.807, 2.05) is 0 Å². The van der Waals surface area contributed by atoms with Crippen molar-refractivity contribution in [3.8, 4) is 0 Å². The normalized spacial score (nSPS) is 13.6. The lowest BCUT2D eigenvalue weighted by Gasteiger charge is -2.12. The van der Waals surface area contributed by atoms with Crippen LogP contribution in [0.2, 0.25) is 0 Å². The Morgan fingerprint density at radius 3 is 1.00 bits per heavy atom. The summed E-state index contributed by atoms with van der Waals surface area (Å²) in [6.45, 7) is 0.584. The Morgan fingerprint density at radius 2 is 0.710 bits per heavy atom. The maximum Gasteiger partial charge on any atom is 0.253 e. The Bertz CT molecular complexity index is 460. The highest BCUT2D eigenvalue weighted by atomic mass is 32.1. The zero-order valence-corrected chi connectivity index (χ0v) is 20.9. The number of carbonyl (C=O) groups is 2. The third-order valence-electron chi connectivity index (χ3n) is 6.43. The second-order valence-electron chi connectivity index (χ2n) is 9.29. The van der Waals surface area contributed by atoms with Gasteiger partial charge >= 0.3 is 0 Å². The molecule has 3 nitrogen and oxygen atoms in total. The number of hydrogen-bond donors (Lipinski definition) is 0. The van der Waals surface area contributed by atoms with Crippen LogP contribution in [0, 0.1) is 0 Å². The molecule has 0 fully saturated rings. The van der Waals surface area contributed by atoms with Crippen LogP contribution in [0.5, 0.6) is 0 Å². The molecule has 0 aliphatic carbocycles. The van der Waals surface area contributed by atoms with Crippen LogP contribution in [-0.4, -0.2) is 29.0 Å². The van der Waals surface area contributed by atoms with Gasteiger partial charge in [0.25, 0.3) is 11.8 Å². The van der Waals surface area contributed by atoms with Gasteiger partial charge in [0.1, 0.15) is 0 Å². The van der Waals surface area contributed by atoms with Gasteiger partial charge in [-0.15, -0.1) is 0 Å². The van der Waals surface area contributed by atoms with E-state index in [4.69, 9.17) is 12.6 Å². The SMILES string of the molecule is O=C1C=CC(=O)N1CCCCCCCCCCCCCCCCCCCCCCC[S]. The van der Waals surface area contributed by atoms with Crippen LogP contribution in [0.3, 0.4) is 0 Å². The summed E-state index contributed by atoms with van der Waals surface area (Å²) < 4.78 is 0. The Kier molecular flexibility index (Phi) is 19.2. The summed E-state index contributed by atoms with van der Waals surface area (Å²) >= 11 is 4.98. The van der Waals surface area contributed by atoms with E-state index in [1.54, 1.807) is 0 Å². The molecular weight excluding hydrogens is 402 g/mol. The zero-order chi connectivity index (χ0) is 22.4. The summed E-state index contributed by atoms with van der Waals surface area (Å²) in [7, 11) is 0. The van der Waals surface area contributed by atoms with Crippen molar-refractivity contribution >= 4 is 24.4 Å². The lowest BCUT2D eigenvalue weighted by Crippen LogP contribution is -2.30. The number of rotatable bonds is 23. The van der Waals surface area contributed by atoms with Gasteiger partial charge in [-0.25, -0.2) is 0 Å². The van der Waals surface area contributed by atoms with Gasteiger partial charge in [0, 0.05) is 24.4 Å². The molecule has 2 amide bonds. The largest absolute Gasteiger partial charge is 0.275 e. The predicted octanol–water partition coefficient (Wildman–Crippen LogP) is 8.30. The molecule has 1 aliphatic heterocycles. The fourth-order valence-corrected chi connectivity index (χ4v) is 4.59. The highest BCUT2D eigenvalue weighted by molar-refractivity contribution is 7.80. The van der Waals surface area contributed by atoms with Gasteiger partial charge in [-0.3, -0.25) is 14.5 Å². The summed E-state index contributed by atoms with van der Waals surface area (Å²) in [5.74, 6) is 0.644. The van der Waals surface area contributed by atoms with E-state index >= 15 is 0 Å². The summed E-state index contributed by atoms with van der Waals surface area (Å²) in [5.41, 5.74) is 0. The molecule has 1 aliphatic rings. The number of imide groups is 1. The van der Waals surface area contributed by atoms with E-state index in [9.17, 15) is 9.59 Å². The van der Waals surface area contributed by atoms with Crippen molar-refractivity contribution in [1.82, 2.24) is 4.90 Å². The quantitative estimate of drug-likeness (QED) is 0.116. The van der Waals surface area contributed by atoms with E-state index in [0.29, 0.717) is 6.54 Å². The van der Waals surface area contributed by atoms with Crippen molar-refractivity contribution in [2.75, 3.05) is 12.3 Å². The molecule has 0 spiro atoms. The van der Waals surface area contributed by atoms with Crippen LogP contribution in [-0.2, 0) is 9.59 Å². The topological polar surface area (TPSA) is 37.4 Å². The maximum absolute atomic E-state index is 11.4. The van der Waals surface area contributed by atoms with Crippen molar-refractivity contribution in [1.29, 1.82) is 0 Å². The number of unbranched alkanes of at least 4 members (excludes halogenated alkanes) is 20. The van der Waals surface area contributed by atoms with Gasteiger partial charge in [-0.05, 0) is 12.8 Å². The van der Waals surface area contributed by atoms with E-state index in [0.717, 1.165) is 18.6 Å². The summed E-state index contributed by atoms with van der Waals surface area (Å²) in [5, 5.41) is 0. The molecule has 0 N–H and O–H groups in total. The molecule has 0 aromatic heterocycles. The molecule has 0 unspecified atom stereocenters. The lowest BCUT2D eigenvalue weighted by atomic mass is 10.0. The minimum atomic E-state index is -0.147. The number of amides is 2. The minimum Gasteiger partial charge on any atom is -0.275 e. The molecule has 0 saturated heterocycles. The fraction of sp³-hybridized carbons (Fsp3) is 0.852. The van der Waals surface area contributed by atoms with Crippen molar-refractivity contribution in [2.45, 2.75) is 135 Å². The molecule has 4 heteroatoms. The third kappa shape index (κ3) is 16.5. The van der Waals surface area contributed by atoms with Crippen molar-refractivity contribution in [3.63, 3.8) is 0 Å². The first-order valence-electron chi connectivity index (χ1n) is 13.4. The minimum absolute atomic E-state index is 0.147. The first-order chi connectivity index (χ1) is 15.3. The van der Waals surface area contributed by atoms with Crippen LogP contribution in [0.4, 0.5) is 0 Å². The van der Waals surface area contributed by atoms with Crippen LogP contribution in [0.1, 0.15) is 135 Å². The van der Waals surface area contributed by atoms with Gasteiger partial charge in [0.15, 0.2) is 0 Å². The third-order valence-corrected chi connectivity index (χ3v) is 6.72. The van der Waals surface area contributed by atoms with Gasteiger partial charge in [0.2, 0.25) is 0 Å². The highest BCUT2D eigenvalue weighted by Crippen LogP contribution is 2.15. The molecule has 0 atom stereocenters. The monoisotopic (exact) mass is 450 g/mol. The molecule has 1 rings (SSSR count). The second-order valence-corrected chi connectivity index (χ2v) is 9.70. The Morgan fingerprint density at radius 1 is 0.452 bits per heavy atom. The van der Waals surface area contributed by atoms with Crippen LogP contribution >= 0.6 is 12.6 Å². The van der Waals surface area contributed by atoms with Gasteiger partial charge in [-0.2, -0.15) is 0 Å². The van der Waals surface area contributed by atoms with Crippen LogP contribution in [0.25, 0.3) is 0 Å². The average molecular weight is 451 g/mol. The Labute approximate surface area is 198 Å². The van der Waals surface area contributed by atoms with E-state index in [1.165, 1.54) is 139 Å². The molecule has 0 aromatic rings. The average Bonchev–Trinajstić information content (AvgIpc) is 3.09. The number of carbonyl (C=O) groups excluding carboxylic acids is 2. The smallest absolute Gasteiger partial charge is 0.253 e. The predicted molar refractivity (Wildman–Crippen MR) is 135 cm³/mol. The Balaban J connectivity index is 1.68. The van der Waals surface area contributed by atoms with E-state index < -0.39 is 0 Å². The van der Waals surface area contributed by atoms with E-state index in [2.05, 4.69) is 0 Å². The van der Waals surface area contributed by atoms with Crippen LogP contribution in [0.15, 0.2) is 12.2 Å². The molecule has 0 aromatic carbocycles. The van der Waals surface area contributed by atoms with E-state index in [-0.39, 0.29) is 11.8 Å². The van der Waals surface area contributed by atoms with Crippen molar-refractivity contribution in [2.24, 2.45) is 0 Å². The van der Waals surface area contributed by atoms with Gasteiger partial charge in [-0.1, -0.05) is 135 Å². The van der Waals surface area contributed by atoms with Gasteiger partial charge in [0.05, 0.1) is 0 Å². The molecule has 0 bridgehead atoms. The maximum atomic E-state index is 11.4. The fourth-order valence-electron chi connectivity index (χ4n) is 4.38. The van der Waals surface area contributed by atoms with Gasteiger partial charge < -0.3 is 0 Å². The number of nitrogens with zero attached hydrogens (tertiary/aromatic N) is 1. The van der Waals surface area contributed by atoms with Crippen LogP contribution < -0.4 is 0 Å². The lowest BCUT2D eigenvalue weighted by molar-refractivity contribution is -0.136. The zero-order valence-electron chi connectivity index (χ0n) is 20.1.